The third-order valence-corrected chi connectivity index (χ3v) is 5.10. The first-order chi connectivity index (χ1) is 11.5. The highest BCUT2D eigenvalue weighted by Gasteiger charge is 2.24. The number of rotatable bonds is 17. The Morgan fingerprint density at radius 1 is 0.583 bits per heavy atom. The second kappa shape index (κ2) is 16.4. The topological polar surface area (TPSA) is 9.23 Å². The van der Waals surface area contributed by atoms with Crippen LogP contribution in [0.5, 0.6) is 0 Å². The van der Waals surface area contributed by atoms with E-state index in [0.29, 0.717) is 6.10 Å². The van der Waals surface area contributed by atoms with E-state index < -0.39 is 0 Å². The lowest BCUT2D eigenvalue weighted by Crippen LogP contribution is -2.29. The Morgan fingerprint density at radius 2 is 1.00 bits per heavy atom. The minimum absolute atomic E-state index is 0.281. The van der Waals surface area contributed by atoms with Crippen molar-refractivity contribution in [2.75, 3.05) is 6.61 Å². The van der Waals surface area contributed by atoms with Crippen LogP contribution in [0.1, 0.15) is 131 Å². The highest BCUT2D eigenvalue weighted by atomic mass is 16.5. The molecule has 0 aromatic carbocycles. The molecule has 1 atom stereocenters. The van der Waals surface area contributed by atoms with Crippen LogP contribution < -0.4 is 0 Å². The van der Waals surface area contributed by atoms with Crippen molar-refractivity contribution in [1.82, 2.24) is 0 Å². The minimum Gasteiger partial charge on any atom is -0.378 e. The molecule has 0 aliphatic heterocycles. The summed E-state index contributed by atoms with van der Waals surface area (Å²) in [5.41, 5.74) is 0.281. The van der Waals surface area contributed by atoms with Gasteiger partial charge in [0, 0.05) is 6.61 Å². The average molecular weight is 341 g/mol. The normalized spacial score (nSPS) is 13.4. The van der Waals surface area contributed by atoms with Crippen LogP contribution in [0.15, 0.2) is 0 Å². The molecule has 1 heteroatoms. The molecule has 0 saturated carbocycles. The third-order valence-electron chi connectivity index (χ3n) is 5.10. The SMILES string of the molecule is CCCCCCCCCCOC(CCCCCCCC)C(C)(C)C. The summed E-state index contributed by atoms with van der Waals surface area (Å²) in [4.78, 5) is 0. The number of hydrogen-bond donors (Lipinski definition) is 0. The lowest BCUT2D eigenvalue weighted by Gasteiger charge is -2.31. The van der Waals surface area contributed by atoms with Crippen LogP contribution in [0.4, 0.5) is 0 Å². The molecule has 0 bridgehead atoms. The summed E-state index contributed by atoms with van der Waals surface area (Å²) in [7, 11) is 0. The van der Waals surface area contributed by atoms with Gasteiger partial charge in [0.05, 0.1) is 6.10 Å². The highest BCUT2D eigenvalue weighted by molar-refractivity contribution is 4.74. The van der Waals surface area contributed by atoms with Gasteiger partial charge in [-0.25, -0.2) is 0 Å². The van der Waals surface area contributed by atoms with E-state index in [1.807, 2.05) is 0 Å². The van der Waals surface area contributed by atoms with E-state index >= 15 is 0 Å². The second-order valence-corrected chi connectivity index (χ2v) is 8.76. The van der Waals surface area contributed by atoms with Crippen molar-refractivity contribution in [1.29, 1.82) is 0 Å². The van der Waals surface area contributed by atoms with Crippen LogP contribution in [0.25, 0.3) is 0 Å². The van der Waals surface area contributed by atoms with E-state index in [1.54, 1.807) is 0 Å². The predicted molar refractivity (Wildman–Crippen MR) is 110 cm³/mol. The summed E-state index contributed by atoms with van der Waals surface area (Å²) in [6.07, 6.45) is 21.0. The summed E-state index contributed by atoms with van der Waals surface area (Å²) < 4.78 is 6.28. The molecular weight excluding hydrogens is 292 g/mol. The summed E-state index contributed by atoms with van der Waals surface area (Å²) >= 11 is 0. The molecule has 0 aromatic heterocycles. The number of ether oxygens (including phenoxy) is 1. The first-order valence-corrected chi connectivity index (χ1v) is 11.1. The Balaban J connectivity index is 3.66. The van der Waals surface area contributed by atoms with E-state index in [9.17, 15) is 0 Å². The Labute approximate surface area is 154 Å². The quantitative estimate of drug-likeness (QED) is 0.242. The Bertz CT molecular complexity index is 241. The van der Waals surface area contributed by atoms with Crippen molar-refractivity contribution in [2.24, 2.45) is 5.41 Å². The minimum atomic E-state index is 0.281. The molecule has 0 aromatic rings. The van der Waals surface area contributed by atoms with E-state index in [4.69, 9.17) is 4.74 Å². The van der Waals surface area contributed by atoms with Crippen LogP contribution in [0, 0.1) is 5.41 Å². The largest absolute Gasteiger partial charge is 0.378 e. The first kappa shape index (κ1) is 24.0. The van der Waals surface area contributed by atoms with Crippen LogP contribution in [-0.2, 0) is 4.74 Å². The average Bonchev–Trinajstić information content (AvgIpc) is 2.53. The van der Waals surface area contributed by atoms with Crippen molar-refractivity contribution in [3.63, 3.8) is 0 Å². The maximum atomic E-state index is 6.28. The molecule has 146 valence electrons. The Hall–Kier alpha value is -0.0400. The zero-order valence-electron chi connectivity index (χ0n) is 17.8. The molecule has 0 radical (unpaired) electrons. The van der Waals surface area contributed by atoms with Gasteiger partial charge in [-0.05, 0) is 18.3 Å². The van der Waals surface area contributed by atoms with Crippen molar-refractivity contribution in [3.8, 4) is 0 Å². The maximum Gasteiger partial charge on any atom is 0.0623 e. The van der Waals surface area contributed by atoms with Gasteiger partial charge in [-0.3, -0.25) is 0 Å². The number of unbranched alkanes of at least 4 members (excludes halogenated alkanes) is 12. The molecule has 0 aliphatic rings. The highest BCUT2D eigenvalue weighted by Crippen LogP contribution is 2.27. The summed E-state index contributed by atoms with van der Waals surface area (Å²) in [5.74, 6) is 0. The summed E-state index contributed by atoms with van der Waals surface area (Å²) in [5, 5.41) is 0. The zero-order valence-corrected chi connectivity index (χ0v) is 17.8. The lowest BCUT2D eigenvalue weighted by atomic mass is 9.85. The van der Waals surface area contributed by atoms with E-state index in [1.165, 1.54) is 96.3 Å². The van der Waals surface area contributed by atoms with E-state index in [2.05, 4.69) is 34.6 Å². The van der Waals surface area contributed by atoms with Crippen LogP contribution in [0.2, 0.25) is 0 Å². The fraction of sp³-hybridized carbons (Fsp3) is 1.00. The maximum absolute atomic E-state index is 6.28. The molecular formula is C23H48O. The van der Waals surface area contributed by atoms with Crippen LogP contribution in [-0.4, -0.2) is 12.7 Å². The Morgan fingerprint density at radius 3 is 1.46 bits per heavy atom. The molecule has 1 nitrogen and oxygen atoms in total. The Kier molecular flexibility index (Phi) is 16.4. The van der Waals surface area contributed by atoms with Gasteiger partial charge in [-0.15, -0.1) is 0 Å². The van der Waals surface area contributed by atoms with Gasteiger partial charge in [0.2, 0.25) is 0 Å². The van der Waals surface area contributed by atoms with Gasteiger partial charge in [-0.2, -0.15) is 0 Å². The standard InChI is InChI=1S/C23H48O/c1-6-8-10-12-14-15-17-19-21-24-22(23(3,4)5)20-18-16-13-11-9-7-2/h22H,6-21H2,1-5H3. The smallest absolute Gasteiger partial charge is 0.0623 e. The molecule has 24 heavy (non-hydrogen) atoms. The molecule has 0 N–H and O–H groups in total. The lowest BCUT2D eigenvalue weighted by molar-refractivity contribution is -0.0256. The summed E-state index contributed by atoms with van der Waals surface area (Å²) in [6.45, 7) is 12.5. The molecule has 0 amide bonds. The fourth-order valence-corrected chi connectivity index (χ4v) is 3.34. The molecule has 0 saturated heterocycles. The summed E-state index contributed by atoms with van der Waals surface area (Å²) in [6, 6.07) is 0. The predicted octanol–water partition coefficient (Wildman–Crippen LogP) is 8.31. The van der Waals surface area contributed by atoms with Gasteiger partial charge < -0.3 is 4.74 Å². The monoisotopic (exact) mass is 340 g/mol. The fourth-order valence-electron chi connectivity index (χ4n) is 3.34. The van der Waals surface area contributed by atoms with Gasteiger partial charge in [-0.1, -0.05) is 118 Å². The third kappa shape index (κ3) is 15.5. The zero-order chi connectivity index (χ0) is 18.1. The van der Waals surface area contributed by atoms with Gasteiger partial charge in [0.15, 0.2) is 0 Å². The van der Waals surface area contributed by atoms with Crippen molar-refractivity contribution >= 4 is 0 Å². The molecule has 0 fully saturated rings. The van der Waals surface area contributed by atoms with E-state index in [-0.39, 0.29) is 5.41 Å². The van der Waals surface area contributed by atoms with Crippen molar-refractivity contribution in [2.45, 2.75) is 137 Å². The second-order valence-electron chi connectivity index (χ2n) is 8.76. The first-order valence-electron chi connectivity index (χ1n) is 11.1. The number of hydrogen-bond acceptors (Lipinski definition) is 1. The molecule has 0 heterocycles. The molecule has 0 aliphatic carbocycles. The molecule has 0 spiro atoms. The van der Waals surface area contributed by atoms with Gasteiger partial charge in [0.1, 0.15) is 0 Å². The van der Waals surface area contributed by atoms with Gasteiger partial charge >= 0.3 is 0 Å². The van der Waals surface area contributed by atoms with Crippen LogP contribution >= 0.6 is 0 Å². The molecule has 0 rings (SSSR count). The van der Waals surface area contributed by atoms with Crippen molar-refractivity contribution in [3.05, 3.63) is 0 Å². The van der Waals surface area contributed by atoms with Crippen molar-refractivity contribution < 1.29 is 4.74 Å². The van der Waals surface area contributed by atoms with Crippen LogP contribution in [0.3, 0.4) is 0 Å². The van der Waals surface area contributed by atoms with E-state index in [0.717, 1.165) is 6.61 Å². The van der Waals surface area contributed by atoms with Gasteiger partial charge in [0.25, 0.3) is 0 Å². The molecule has 1 unspecified atom stereocenters.